The van der Waals surface area contributed by atoms with Crippen molar-refractivity contribution in [1.29, 1.82) is 0 Å². The SMILES string of the molecule is CC[C@H](CO)NC(=O)c1cc(C)nnc1C. The molecule has 16 heavy (non-hydrogen) atoms. The molecule has 0 aromatic carbocycles. The van der Waals surface area contributed by atoms with Gasteiger partial charge >= 0.3 is 0 Å². The van der Waals surface area contributed by atoms with Gasteiger partial charge in [-0.15, -0.1) is 0 Å². The molecule has 1 atom stereocenters. The zero-order chi connectivity index (χ0) is 12.1. The minimum absolute atomic E-state index is 0.0568. The summed E-state index contributed by atoms with van der Waals surface area (Å²) in [6, 6.07) is 1.49. The van der Waals surface area contributed by atoms with Crippen LogP contribution in [0.2, 0.25) is 0 Å². The monoisotopic (exact) mass is 223 g/mol. The molecule has 1 heterocycles. The molecule has 1 rings (SSSR count). The van der Waals surface area contributed by atoms with E-state index in [-0.39, 0.29) is 18.6 Å². The zero-order valence-corrected chi connectivity index (χ0v) is 9.82. The Morgan fingerprint density at radius 2 is 2.19 bits per heavy atom. The van der Waals surface area contributed by atoms with Crippen LogP contribution in [0.5, 0.6) is 0 Å². The average Bonchev–Trinajstić information content (AvgIpc) is 2.28. The third-order valence-corrected chi connectivity index (χ3v) is 2.39. The van der Waals surface area contributed by atoms with Crippen molar-refractivity contribution in [2.24, 2.45) is 0 Å². The number of hydrogen-bond donors (Lipinski definition) is 2. The Morgan fingerprint density at radius 1 is 1.50 bits per heavy atom. The van der Waals surface area contributed by atoms with Crippen LogP contribution >= 0.6 is 0 Å². The van der Waals surface area contributed by atoms with Gasteiger partial charge in [-0.1, -0.05) is 6.92 Å². The normalized spacial score (nSPS) is 12.2. The van der Waals surface area contributed by atoms with E-state index in [2.05, 4.69) is 15.5 Å². The summed E-state index contributed by atoms with van der Waals surface area (Å²) in [5.41, 5.74) is 1.81. The minimum Gasteiger partial charge on any atom is -0.394 e. The van der Waals surface area contributed by atoms with E-state index in [1.54, 1.807) is 19.9 Å². The van der Waals surface area contributed by atoms with Gasteiger partial charge in [-0.3, -0.25) is 4.79 Å². The van der Waals surface area contributed by atoms with E-state index in [1.807, 2.05) is 6.92 Å². The smallest absolute Gasteiger partial charge is 0.253 e. The molecule has 1 aromatic rings. The quantitative estimate of drug-likeness (QED) is 0.783. The van der Waals surface area contributed by atoms with Gasteiger partial charge in [0.1, 0.15) is 0 Å². The number of aliphatic hydroxyl groups excluding tert-OH is 1. The number of aryl methyl sites for hydroxylation is 2. The molecule has 0 aliphatic carbocycles. The number of aliphatic hydroxyl groups is 1. The fraction of sp³-hybridized carbons (Fsp3) is 0.545. The minimum atomic E-state index is -0.212. The van der Waals surface area contributed by atoms with E-state index in [0.29, 0.717) is 23.4 Å². The molecule has 1 amide bonds. The Bertz CT molecular complexity index is 375. The maximum absolute atomic E-state index is 11.9. The fourth-order valence-corrected chi connectivity index (χ4v) is 1.32. The lowest BCUT2D eigenvalue weighted by atomic mass is 10.1. The Morgan fingerprint density at radius 3 is 2.75 bits per heavy atom. The first kappa shape index (κ1) is 12.6. The molecule has 5 heteroatoms. The molecule has 0 bridgehead atoms. The summed E-state index contributed by atoms with van der Waals surface area (Å²) in [6.45, 7) is 5.37. The topological polar surface area (TPSA) is 75.1 Å². The maximum atomic E-state index is 11.9. The van der Waals surface area contributed by atoms with Crippen molar-refractivity contribution >= 4 is 5.91 Å². The number of aromatic nitrogens is 2. The highest BCUT2D eigenvalue weighted by molar-refractivity contribution is 5.95. The van der Waals surface area contributed by atoms with Crippen molar-refractivity contribution in [3.63, 3.8) is 0 Å². The first-order valence-electron chi connectivity index (χ1n) is 5.31. The highest BCUT2D eigenvalue weighted by Crippen LogP contribution is 2.05. The third kappa shape index (κ3) is 3.00. The predicted octanol–water partition coefficient (Wildman–Crippen LogP) is 0.594. The average molecular weight is 223 g/mol. The molecule has 88 valence electrons. The van der Waals surface area contributed by atoms with Crippen molar-refractivity contribution < 1.29 is 9.90 Å². The molecular formula is C11H17N3O2. The van der Waals surface area contributed by atoms with E-state index in [9.17, 15) is 4.79 Å². The summed E-state index contributed by atoms with van der Waals surface area (Å²) in [7, 11) is 0. The van der Waals surface area contributed by atoms with E-state index in [0.717, 1.165) is 0 Å². The van der Waals surface area contributed by atoms with Crippen molar-refractivity contribution in [1.82, 2.24) is 15.5 Å². The number of amides is 1. The van der Waals surface area contributed by atoms with Gasteiger partial charge in [0.2, 0.25) is 0 Å². The number of rotatable bonds is 4. The Kier molecular flexibility index (Phi) is 4.37. The lowest BCUT2D eigenvalue weighted by molar-refractivity contribution is 0.0913. The second-order valence-corrected chi connectivity index (χ2v) is 3.75. The van der Waals surface area contributed by atoms with E-state index in [1.165, 1.54) is 0 Å². The van der Waals surface area contributed by atoms with Crippen LogP contribution in [-0.2, 0) is 0 Å². The van der Waals surface area contributed by atoms with Crippen molar-refractivity contribution in [2.75, 3.05) is 6.61 Å². The van der Waals surface area contributed by atoms with Crippen LogP contribution in [0.3, 0.4) is 0 Å². The maximum Gasteiger partial charge on any atom is 0.253 e. The Balaban J connectivity index is 2.83. The highest BCUT2D eigenvalue weighted by atomic mass is 16.3. The van der Waals surface area contributed by atoms with E-state index < -0.39 is 0 Å². The molecule has 0 spiro atoms. The van der Waals surface area contributed by atoms with Crippen LogP contribution in [-0.4, -0.2) is 33.9 Å². The first-order chi connectivity index (χ1) is 7.58. The zero-order valence-electron chi connectivity index (χ0n) is 9.82. The van der Waals surface area contributed by atoms with Crippen LogP contribution in [0.15, 0.2) is 6.07 Å². The van der Waals surface area contributed by atoms with Gasteiger partial charge < -0.3 is 10.4 Å². The van der Waals surface area contributed by atoms with Crippen LogP contribution in [0.4, 0.5) is 0 Å². The molecule has 0 saturated heterocycles. The van der Waals surface area contributed by atoms with Crippen LogP contribution in [0.1, 0.15) is 35.1 Å². The molecule has 0 unspecified atom stereocenters. The number of hydrogen-bond acceptors (Lipinski definition) is 4. The summed E-state index contributed by atoms with van der Waals surface area (Å²) >= 11 is 0. The highest BCUT2D eigenvalue weighted by Gasteiger charge is 2.14. The Labute approximate surface area is 94.9 Å². The molecule has 0 aliphatic heterocycles. The Hall–Kier alpha value is -1.49. The van der Waals surface area contributed by atoms with Crippen molar-refractivity contribution in [3.8, 4) is 0 Å². The van der Waals surface area contributed by atoms with E-state index >= 15 is 0 Å². The van der Waals surface area contributed by atoms with E-state index in [4.69, 9.17) is 5.11 Å². The van der Waals surface area contributed by atoms with Gasteiger partial charge in [-0.2, -0.15) is 10.2 Å². The lowest BCUT2D eigenvalue weighted by Crippen LogP contribution is -2.37. The van der Waals surface area contributed by atoms with Gasteiger partial charge in [0.25, 0.3) is 5.91 Å². The summed E-state index contributed by atoms with van der Waals surface area (Å²) in [4.78, 5) is 11.9. The molecule has 5 nitrogen and oxygen atoms in total. The fourth-order valence-electron chi connectivity index (χ4n) is 1.32. The molecule has 0 saturated carbocycles. The molecule has 0 aliphatic rings. The second kappa shape index (κ2) is 5.55. The lowest BCUT2D eigenvalue weighted by Gasteiger charge is -2.14. The first-order valence-corrected chi connectivity index (χ1v) is 5.31. The molecule has 2 N–H and O–H groups in total. The van der Waals surface area contributed by atoms with Crippen molar-refractivity contribution in [3.05, 3.63) is 23.0 Å². The van der Waals surface area contributed by atoms with Gasteiger partial charge in [0.05, 0.1) is 29.6 Å². The molecular weight excluding hydrogens is 206 g/mol. The molecule has 1 aromatic heterocycles. The number of carbonyl (C=O) groups is 1. The molecule has 0 radical (unpaired) electrons. The van der Waals surface area contributed by atoms with Gasteiger partial charge in [-0.05, 0) is 26.3 Å². The van der Waals surface area contributed by atoms with Gasteiger partial charge in [0, 0.05) is 0 Å². The van der Waals surface area contributed by atoms with Crippen LogP contribution in [0, 0.1) is 13.8 Å². The standard InChI is InChI=1S/C11H17N3O2/c1-4-9(6-15)12-11(16)10-5-7(2)13-14-8(10)3/h5,9,15H,4,6H2,1-3H3,(H,12,16)/t9-/m1/s1. The molecule has 0 fully saturated rings. The summed E-state index contributed by atoms with van der Waals surface area (Å²) < 4.78 is 0. The number of carbonyl (C=O) groups excluding carboxylic acids is 1. The summed E-state index contributed by atoms with van der Waals surface area (Å²) in [6.07, 6.45) is 0.693. The third-order valence-electron chi connectivity index (χ3n) is 2.39. The van der Waals surface area contributed by atoms with Crippen LogP contribution < -0.4 is 5.32 Å². The van der Waals surface area contributed by atoms with Crippen LogP contribution in [0.25, 0.3) is 0 Å². The second-order valence-electron chi connectivity index (χ2n) is 3.75. The summed E-state index contributed by atoms with van der Waals surface area (Å²) in [5.74, 6) is -0.212. The van der Waals surface area contributed by atoms with Gasteiger partial charge in [0.15, 0.2) is 0 Å². The summed E-state index contributed by atoms with van der Waals surface area (Å²) in [5, 5.41) is 19.5. The van der Waals surface area contributed by atoms with Gasteiger partial charge in [-0.25, -0.2) is 0 Å². The predicted molar refractivity (Wildman–Crippen MR) is 60.1 cm³/mol. The number of nitrogens with zero attached hydrogens (tertiary/aromatic N) is 2. The largest absolute Gasteiger partial charge is 0.394 e. The number of nitrogens with one attached hydrogen (secondary N) is 1. The van der Waals surface area contributed by atoms with Crippen molar-refractivity contribution in [2.45, 2.75) is 33.2 Å².